The summed E-state index contributed by atoms with van der Waals surface area (Å²) in [4.78, 5) is 16.1. The number of methoxy groups -OCH3 is 1. The van der Waals surface area contributed by atoms with Crippen LogP contribution in [0, 0.1) is 5.82 Å². The molecule has 2 heterocycles. The Balaban J connectivity index is 1.49. The van der Waals surface area contributed by atoms with Crippen molar-refractivity contribution in [3.05, 3.63) is 71.2 Å². The second kappa shape index (κ2) is 8.38. The molecule has 30 heavy (non-hydrogen) atoms. The van der Waals surface area contributed by atoms with E-state index in [0.717, 1.165) is 11.1 Å². The minimum absolute atomic E-state index is 0.112. The van der Waals surface area contributed by atoms with Crippen LogP contribution in [0.25, 0.3) is 10.9 Å². The van der Waals surface area contributed by atoms with Gasteiger partial charge < -0.3 is 18.9 Å². The molecular formula is C23H22FNO5. The van der Waals surface area contributed by atoms with Crippen molar-refractivity contribution in [2.75, 3.05) is 26.9 Å². The molecule has 2 aromatic carbocycles. The number of hydrogen-bond acceptors (Lipinski definition) is 6. The van der Waals surface area contributed by atoms with Gasteiger partial charge in [0, 0.05) is 23.4 Å². The number of hydrogen-bond donors (Lipinski definition) is 0. The molecular weight excluding hydrogens is 389 g/mol. The molecule has 4 rings (SSSR count). The Morgan fingerprint density at radius 1 is 1.13 bits per heavy atom. The summed E-state index contributed by atoms with van der Waals surface area (Å²) >= 11 is 0. The van der Waals surface area contributed by atoms with E-state index in [-0.39, 0.29) is 5.69 Å². The largest absolute Gasteiger partial charge is 0.492 e. The summed E-state index contributed by atoms with van der Waals surface area (Å²) in [6.45, 7) is 3.42. The third-order valence-electron chi connectivity index (χ3n) is 5.09. The van der Waals surface area contributed by atoms with Crippen LogP contribution in [0.2, 0.25) is 0 Å². The molecule has 0 amide bonds. The van der Waals surface area contributed by atoms with Crippen LogP contribution in [0.15, 0.2) is 48.5 Å². The Hall–Kier alpha value is -3.03. The first kappa shape index (κ1) is 20.3. The fourth-order valence-electron chi connectivity index (χ4n) is 3.43. The van der Waals surface area contributed by atoms with E-state index in [1.807, 2.05) is 31.2 Å². The van der Waals surface area contributed by atoms with E-state index in [9.17, 15) is 9.18 Å². The quantitative estimate of drug-likeness (QED) is 0.571. The number of benzene rings is 2. The third-order valence-corrected chi connectivity index (χ3v) is 5.09. The van der Waals surface area contributed by atoms with Gasteiger partial charge in [0.05, 0.1) is 32.4 Å². The number of carbonyl (C=O) groups excluding carboxylic acids is 1. The summed E-state index contributed by atoms with van der Waals surface area (Å²) in [5.41, 5.74) is 2.60. The first-order valence-electron chi connectivity index (χ1n) is 9.67. The van der Waals surface area contributed by atoms with Gasteiger partial charge in [0.15, 0.2) is 11.5 Å². The van der Waals surface area contributed by atoms with Gasteiger partial charge in [0.1, 0.15) is 11.6 Å². The summed E-state index contributed by atoms with van der Waals surface area (Å²) in [6.07, 6.45) is 0.630. The van der Waals surface area contributed by atoms with Crippen molar-refractivity contribution in [2.24, 2.45) is 0 Å². The monoisotopic (exact) mass is 411 g/mol. The van der Waals surface area contributed by atoms with Crippen molar-refractivity contribution < 1.29 is 28.1 Å². The van der Waals surface area contributed by atoms with Gasteiger partial charge in [-0.2, -0.15) is 0 Å². The number of pyridine rings is 1. The average Bonchev–Trinajstić information content (AvgIpc) is 3.21. The van der Waals surface area contributed by atoms with Gasteiger partial charge in [-0.25, -0.2) is 14.2 Å². The fraction of sp³-hybridized carbons (Fsp3) is 0.304. The maximum Gasteiger partial charge on any atom is 0.356 e. The molecule has 0 N–H and O–H groups in total. The van der Waals surface area contributed by atoms with Crippen molar-refractivity contribution in [3.63, 3.8) is 0 Å². The summed E-state index contributed by atoms with van der Waals surface area (Å²) in [7, 11) is 1.28. The highest BCUT2D eigenvalue weighted by molar-refractivity contribution is 5.94. The molecule has 1 fully saturated rings. The summed E-state index contributed by atoms with van der Waals surface area (Å²) in [5.74, 6) is -1.29. The molecule has 1 aliphatic rings. The number of aromatic nitrogens is 1. The Morgan fingerprint density at radius 2 is 1.87 bits per heavy atom. The zero-order valence-corrected chi connectivity index (χ0v) is 16.8. The standard InChI is InChI=1S/C23H22FNO5/c1-23(29-11-12-30-23)16-5-3-15(4-6-16)9-10-28-21-14-20(22(26)27-2)25-19-8-7-17(24)13-18(19)21/h3-8,13-14H,9-12H2,1-2H3. The van der Waals surface area contributed by atoms with Gasteiger partial charge in [0.25, 0.3) is 0 Å². The maximum absolute atomic E-state index is 13.7. The van der Waals surface area contributed by atoms with Gasteiger partial charge in [-0.15, -0.1) is 0 Å². The zero-order valence-electron chi connectivity index (χ0n) is 16.8. The molecule has 0 unspecified atom stereocenters. The molecule has 7 heteroatoms. The lowest BCUT2D eigenvalue weighted by molar-refractivity contribution is -0.149. The predicted molar refractivity (Wildman–Crippen MR) is 108 cm³/mol. The van der Waals surface area contributed by atoms with E-state index in [1.165, 1.54) is 31.4 Å². The van der Waals surface area contributed by atoms with Crippen LogP contribution in [0.3, 0.4) is 0 Å². The van der Waals surface area contributed by atoms with E-state index >= 15 is 0 Å². The highest BCUT2D eigenvalue weighted by atomic mass is 19.1. The van der Waals surface area contributed by atoms with E-state index in [2.05, 4.69) is 4.98 Å². The molecule has 1 aromatic heterocycles. The summed E-state index contributed by atoms with van der Waals surface area (Å²) in [6, 6.07) is 13.6. The molecule has 1 aliphatic heterocycles. The lowest BCUT2D eigenvalue weighted by atomic mass is 10.0. The number of rotatable bonds is 6. The van der Waals surface area contributed by atoms with Crippen LogP contribution in [-0.4, -0.2) is 37.9 Å². The van der Waals surface area contributed by atoms with Crippen molar-refractivity contribution in [3.8, 4) is 5.75 Å². The molecule has 3 aromatic rings. The zero-order chi connectivity index (χ0) is 21.1. The molecule has 0 aliphatic carbocycles. The van der Waals surface area contributed by atoms with Crippen LogP contribution < -0.4 is 4.74 Å². The van der Waals surface area contributed by atoms with Gasteiger partial charge >= 0.3 is 5.97 Å². The van der Waals surface area contributed by atoms with Crippen LogP contribution >= 0.6 is 0 Å². The van der Waals surface area contributed by atoms with Crippen LogP contribution in [0.4, 0.5) is 4.39 Å². The van der Waals surface area contributed by atoms with Crippen molar-refractivity contribution in [1.29, 1.82) is 0 Å². The number of halogens is 1. The first-order chi connectivity index (χ1) is 14.5. The number of esters is 1. The van der Waals surface area contributed by atoms with E-state index in [1.54, 1.807) is 0 Å². The number of fused-ring (bicyclic) bond motifs is 1. The van der Waals surface area contributed by atoms with Crippen molar-refractivity contribution in [2.45, 2.75) is 19.1 Å². The third kappa shape index (κ3) is 4.13. The molecule has 0 saturated carbocycles. The molecule has 6 nitrogen and oxygen atoms in total. The Kier molecular flexibility index (Phi) is 5.65. The summed E-state index contributed by atoms with van der Waals surface area (Å²) in [5, 5.41) is 0.501. The van der Waals surface area contributed by atoms with Gasteiger partial charge in [0.2, 0.25) is 0 Å². The minimum Gasteiger partial charge on any atom is -0.492 e. The van der Waals surface area contributed by atoms with E-state index in [0.29, 0.717) is 42.9 Å². The Morgan fingerprint density at radius 3 is 2.57 bits per heavy atom. The highest BCUT2D eigenvalue weighted by Crippen LogP contribution is 2.31. The second-order valence-electron chi connectivity index (χ2n) is 7.10. The fourth-order valence-corrected chi connectivity index (χ4v) is 3.43. The van der Waals surface area contributed by atoms with E-state index < -0.39 is 17.6 Å². The van der Waals surface area contributed by atoms with Gasteiger partial charge in [-0.05, 0) is 30.7 Å². The molecule has 156 valence electrons. The molecule has 0 spiro atoms. The topological polar surface area (TPSA) is 66.9 Å². The second-order valence-corrected chi connectivity index (χ2v) is 7.10. The maximum atomic E-state index is 13.7. The van der Waals surface area contributed by atoms with Gasteiger partial charge in [-0.3, -0.25) is 0 Å². The Bertz CT molecular complexity index is 1060. The van der Waals surface area contributed by atoms with Gasteiger partial charge in [-0.1, -0.05) is 24.3 Å². The normalized spacial score (nSPS) is 15.3. The lowest BCUT2D eigenvalue weighted by Crippen LogP contribution is -2.22. The predicted octanol–water partition coefficient (Wildman–Crippen LogP) is 4.00. The smallest absolute Gasteiger partial charge is 0.356 e. The summed E-state index contributed by atoms with van der Waals surface area (Å²) < 4.78 is 35.7. The van der Waals surface area contributed by atoms with Crippen LogP contribution in [0.1, 0.15) is 28.5 Å². The minimum atomic E-state index is -0.695. The number of nitrogens with zero attached hydrogens (tertiary/aromatic N) is 1. The lowest BCUT2D eigenvalue weighted by Gasteiger charge is -2.22. The molecule has 0 bridgehead atoms. The van der Waals surface area contributed by atoms with E-state index in [4.69, 9.17) is 18.9 Å². The molecule has 1 saturated heterocycles. The van der Waals surface area contributed by atoms with Crippen molar-refractivity contribution in [1.82, 2.24) is 4.98 Å². The molecule has 0 radical (unpaired) electrons. The van der Waals surface area contributed by atoms with Crippen LogP contribution in [-0.2, 0) is 26.4 Å². The SMILES string of the molecule is COC(=O)c1cc(OCCc2ccc(C3(C)OCCO3)cc2)c2cc(F)ccc2n1. The number of ether oxygens (including phenoxy) is 4. The number of carbonyl (C=O) groups is 1. The van der Waals surface area contributed by atoms with Crippen LogP contribution in [0.5, 0.6) is 5.75 Å². The molecule has 0 atom stereocenters. The van der Waals surface area contributed by atoms with Crippen molar-refractivity contribution >= 4 is 16.9 Å². The highest BCUT2D eigenvalue weighted by Gasteiger charge is 2.32. The Labute approximate surface area is 173 Å². The average molecular weight is 411 g/mol. The first-order valence-corrected chi connectivity index (χ1v) is 9.67.